The van der Waals surface area contributed by atoms with E-state index in [0.29, 0.717) is 19.5 Å². The van der Waals surface area contributed by atoms with Crippen molar-refractivity contribution in [2.24, 2.45) is 0 Å². The molecule has 5 rings (SSSR count). The second-order valence-corrected chi connectivity index (χ2v) is 14.2. The average Bonchev–Trinajstić information content (AvgIpc) is 3.44. The molecule has 2 amide bonds. The molecule has 2 aromatic heterocycles. The van der Waals surface area contributed by atoms with Crippen molar-refractivity contribution >= 4 is 33.6 Å². The molecular formula is C34H45N7O5S. The molecule has 0 radical (unpaired) electrons. The summed E-state index contributed by atoms with van der Waals surface area (Å²) in [5.41, 5.74) is 6.41. The zero-order valence-corrected chi connectivity index (χ0v) is 28.8. The maximum absolute atomic E-state index is 13.4. The lowest BCUT2D eigenvalue weighted by Crippen LogP contribution is -2.34. The number of nitrogens with one attached hydrogen (secondary N) is 1. The second-order valence-electron chi connectivity index (χ2n) is 12.2. The summed E-state index contributed by atoms with van der Waals surface area (Å²) in [5, 5.41) is 11.7. The molecule has 252 valence electrons. The number of ether oxygens (including phenoxy) is 1. The lowest BCUT2D eigenvalue weighted by molar-refractivity contribution is -0.128. The van der Waals surface area contributed by atoms with Gasteiger partial charge >= 0.3 is 0 Å². The number of nitrogens with zero attached hydrogens (tertiary/aromatic N) is 6. The predicted octanol–water partition coefficient (Wildman–Crippen LogP) is 5.28. The largest absolute Gasteiger partial charge is 0.472 e. The summed E-state index contributed by atoms with van der Waals surface area (Å²) in [6.07, 6.45) is 2.34. The van der Waals surface area contributed by atoms with Gasteiger partial charge in [0, 0.05) is 58.7 Å². The quantitative estimate of drug-likeness (QED) is 0.195. The topological polar surface area (TPSA) is 146 Å². The van der Waals surface area contributed by atoms with Crippen molar-refractivity contribution < 1.29 is 23.4 Å². The average molecular weight is 664 g/mol. The monoisotopic (exact) mass is 663 g/mol. The molecule has 0 bridgehead atoms. The lowest BCUT2D eigenvalue weighted by atomic mass is 9.84. The Balaban J connectivity index is 1.51. The van der Waals surface area contributed by atoms with E-state index in [1.807, 2.05) is 56.6 Å². The summed E-state index contributed by atoms with van der Waals surface area (Å²) in [5.74, 6) is -0.319. The van der Waals surface area contributed by atoms with Crippen LogP contribution in [0.2, 0.25) is 0 Å². The highest BCUT2D eigenvalue weighted by Crippen LogP contribution is 2.57. The van der Waals surface area contributed by atoms with E-state index < -0.39 is 10.8 Å². The molecule has 13 heteroatoms. The smallest absolute Gasteiger partial charge is 0.239 e. The Bertz CT molecular complexity index is 1760. The predicted molar refractivity (Wildman–Crippen MR) is 182 cm³/mol. The van der Waals surface area contributed by atoms with Crippen LogP contribution in [0.25, 0.3) is 11.0 Å². The third-order valence-electron chi connectivity index (χ3n) is 8.86. The molecular weight excluding hydrogens is 618 g/mol. The van der Waals surface area contributed by atoms with E-state index in [9.17, 15) is 18.7 Å². The van der Waals surface area contributed by atoms with Crippen LogP contribution in [0.3, 0.4) is 0 Å². The van der Waals surface area contributed by atoms with Crippen molar-refractivity contribution in [3.05, 3.63) is 76.5 Å². The molecule has 2 atom stereocenters. The zero-order chi connectivity index (χ0) is 33.9. The number of hydrogen-bond donors (Lipinski definition) is 3. The molecule has 47 heavy (non-hydrogen) atoms. The van der Waals surface area contributed by atoms with Gasteiger partial charge in [0.1, 0.15) is 16.5 Å². The number of benzene rings is 2. The van der Waals surface area contributed by atoms with Crippen molar-refractivity contribution in [2.45, 2.75) is 77.0 Å². The van der Waals surface area contributed by atoms with E-state index >= 15 is 0 Å². The Morgan fingerprint density at radius 1 is 1.15 bits per heavy atom. The molecule has 12 nitrogen and oxygen atoms in total. The van der Waals surface area contributed by atoms with Crippen LogP contribution in [0.15, 0.2) is 53.6 Å². The van der Waals surface area contributed by atoms with E-state index in [1.54, 1.807) is 36.7 Å². The van der Waals surface area contributed by atoms with Crippen molar-refractivity contribution in [3.8, 4) is 5.88 Å². The van der Waals surface area contributed by atoms with Gasteiger partial charge in [-0.15, -0.1) is 15.9 Å². The summed E-state index contributed by atoms with van der Waals surface area (Å²) < 4.78 is 32.8. The Morgan fingerprint density at radius 3 is 2.66 bits per heavy atom. The number of carbonyl (C=O) groups is 2. The number of amides is 2. The van der Waals surface area contributed by atoms with Crippen molar-refractivity contribution in [2.75, 3.05) is 27.2 Å². The number of carbonyl (C=O) groups excluding carboxylic acids is 2. The van der Waals surface area contributed by atoms with Crippen LogP contribution in [0.4, 0.5) is 0 Å². The Morgan fingerprint density at radius 2 is 1.94 bits per heavy atom. The van der Waals surface area contributed by atoms with Crippen LogP contribution >= 0.6 is 10.8 Å². The Hall–Kier alpha value is -4.04. The molecule has 2 aromatic carbocycles. The van der Waals surface area contributed by atoms with Gasteiger partial charge < -0.3 is 15.0 Å². The van der Waals surface area contributed by atoms with Crippen LogP contribution in [0.5, 0.6) is 5.88 Å². The lowest BCUT2D eigenvalue weighted by Gasteiger charge is -2.41. The molecule has 0 fully saturated rings. The van der Waals surface area contributed by atoms with Crippen molar-refractivity contribution in [1.82, 2.24) is 34.5 Å². The molecule has 1 aliphatic heterocycles. The van der Waals surface area contributed by atoms with Gasteiger partial charge in [-0.3, -0.25) is 18.7 Å². The van der Waals surface area contributed by atoms with E-state index in [4.69, 9.17) is 4.74 Å². The van der Waals surface area contributed by atoms with Gasteiger partial charge in [0.05, 0.1) is 12.1 Å². The fourth-order valence-corrected chi connectivity index (χ4v) is 7.53. The fraction of sp³-hybridized carbons (Fsp3) is 0.441. The van der Waals surface area contributed by atoms with Crippen molar-refractivity contribution in [3.63, 3.8) is 0 Å². The van der Waals surface area contributed by atoms with Gasteiger partial charge in [0.15, 0.2) is 0 Å². The Labute approximate surface area is 277 Å². The SMILES string of the molecule is CCC1CN(Cc2cc(C(CC(=O)NCCC(=O)N(C)C)c3ccc4c(nnn4CC)c3C)ccc2C)S(O)(O)c2cccnc2O1. The molecule has 1 aliphatic rings. The van der Waals surface area contributed by atoms with E-state index in [1.165, 1.54) is 4.90 Å². The molecule has 3 N–H and O–H groups in total. The summed E-state index contributed by atoms with van der Waals surface area (Å²) in [7, 11) is -0.0170. The minimum Gasteiger partial charge on any atom is -0.472 e. The number of rotatable bonds is 11. The molecule has 3 heterocycles. The highest BCUT2D eigenvalue weighted by atomic mass is 32.3. The first kappa shape index (κ1) is 34.3. The first-order valence-corrected chi connectivity index (χ1v) is 17.5. The molecule has 0 spiro atoms. The van der Waals surface area contributed by atoms with E-state index in [-0.39, 0.29) is 60.5 Å². The van der Waals surface area contributed by atoms with Gasteiger partial charge in [0.2, 0.25) is 17.7 Å². The van der Waals surface area contributed by atoms with E-state index in [0.717, 1.165) is 38.9 Å². The maximum Gasteiger partial charge on any atom is 0.239 e. The minimum absolute atomic E-state index is 0.0565. The fourth-order valence-electron chi connectivity index (χ4n) is 5.97. The van der Waals surface area contributed by atoms with Crippen LogP contribution < -0.4 is 10.1 Å². The summed E-state index contributed by atoms with van der Waals surface area (Å²) in [4.78, 5) is 31.6. The molecule has 2 unspecified atom stereocenters. The number of hydrogen-bond acceptors (Lipinski definition) is 9. The van der Waals surface area contributed by atoms with Crippen LogP contribution in [0.1, 0.15) is 66.8 Å². The molecule has 4 aromatic rings. The van der Waals surface area contributed by atoms with Crippen LogP contribution in [-0.4, -0.2) is 83.4 Å². The highest BCUT2D eigenvalue weighted by molar-refractivity contribution is 8.22. The number of aromatic nitrogens is 4. The first-order valence-electron chi connectivity index (χ1n) is 16.0. The number of aryl methyl sites for hydroxylation is 3. The van der Waals surface area contributed by atoms with Gasteiger partial charge in [-0.1, -0.05) is 36.4 Å². The second kappa shape index (κ2) is 14.4. The molecule has 0 aliphatic carbocycles. The highest BCUT2D eigenvalue weighted by Gasteiger charge is 2.36. The summed E-state index contributed by atoms with van der Waals surface area (Å²) in [6.45, 7) is 9.51. The molecule has 0 saturated carbocycles. The first-order chi connectivity index (χ1) is 22.4. The maximum atomic E-state index is 13.4. The number of pyridine rings is 1. The zero-order valence-electron chi connectivity index (χ0n) is 27.9. The molecule has 0 saturated heterocycles. The minimum atomic E-state index is -3.40. The van der Waals surface area contributed by atoms with Crippen LogP contribution in [-0.2, 0) is 22.7 Å². The van der Waals surface area contributed by atoms with E-state index in [2.05, 4.69) is 26.7 Å². The standard InChI is InChI=1S/C34H45N7O5S/c1-7-26-21-40(47(44,45)30-10-9-16-36-34(30)46-26)20-25-18-24(12-11-22(25)3)28(19-31(42)35-17-15-32(43)39(5)6)27-13-14-29-33(23(27)4)37-38-41(29)8-2/h9-14,16,18,26,28,44-45H,7-8,15,17,19-21H2,1-6H3,(H,35,42). The normalized spacial score (nSPS) is 17.3. The van der Waals surface area contributed by atoms with Crippen LogP contribution in [0, 0.1) is 13.8 Å². The van der Waals surface area contributed by atoms with Gasteiger partial charge in [-0.05, 0) is 73.2 Å². The summed E-state index contributed by atoms with van der Waals surface area (Å²) in [6, 6.07) is 13.5. The van der Waals surface area contributed by atoms with Crippen molar-refractivity contribution in [1.29, 1.82) is 0 Å². The summed E-state index contributed by atoms with van der Waals surface area (Å²) >= 11 is 0. The van der Waals surface area contributed by atoms with Gasteiger partial charge in [0.25, 0.3) is 0 Å². The third kappa shape index (κ3) is 7.28. The Kier molecular flexibility index (Phi) is 10.5. The van der Waals surface area contributed by atoms with Gasteiger partial charge in [-0.25, -0.2) is 9.67 Å². The van der Waals surface area contributed by atoms with Gasteiger partial charge in [-0.2, -0.15) is 4.31 Å². The third-order valence-corrected chi connectivity index (χ3v) is 10.8. The number of fused-ring (bicyclic) bond motifs is 2.